The zero-order valence-electron chi connectivity index (χ0n) is 16.4. The summed E-state index contributed by atoms with van der Waals surface area (Å²) in [6.07, 6.45) is 0. The molecule has 0 saturated heterocycles. The number of hydrogen-bond acceptors (Lipinski definition) is 4. The lowest BCUT2D eigenvalue weighted by Crippen LogP contribution is -2.16. The van der Waals surface area contributed by atoms with E-state index >= 15 is 0 Å². The molecule has 9 heteroatoms. The zero-order chi connectivity index (χ0) is 21.9. The lowest BCUT2D eigenvalue weighted by Gasteiger charge is -2.12. The number of hydrogen-bond donors (Lipinski definition) is 2. The predicted octanol–water partition coefficient (Wildman–Crippen LogP) is 4.19. The number of sulfonamides is 2. The molecule has 0 bridgehead atoms. The van der Waals surface area contributed by atoms with Crippen LogP contribution >= 0.6 is 0 Å². The molecule has 0 aromatic heterocycles. The quantitative estimate of drug-likeness (QED) is 0.567. The molecule has 0 radical (unpaired) electrons. The van der Waals surface area contributed by atoms with E-state index in [-0.39, 0.29) is 16.1 Å². The highest BCUT2D eigenvalue weighted by Crippen LogP contribution is 2.22. The summed E-state index contributed by atoms with van der Waals surface area (Å²) >= 11 is 0. The monoisotopic (exact) mass is 448 g/mol. The Morgan fingerprint density at radius 3 is 2.13 bits per heavy atom. The van der Waals surface area contributed by atoms with E-state index in [1.807, 2.05) is 13.0 Å². The van der Waals surface area contributed by atoms with Crippen LogP contribution in [-0.4, -0.2) is 16.8 Å². The molecule has 6 nitrogen and oxygen atoms in total. The van der Waals surface area contributed by atoms with Crippen LogP contribution in [0.1, 0.15) is 16.7 Å². The topological polar surface area (TPSA) is 92.3 Å². The lowest BCUT2D eigenvalue weighted by atomic mass is 10.1. The van der Waals surface area contributed by atoms with Crippen LogP contribution in [0.2, 0.25) is 0 Å². The Bertz CT molecular complexity index is 1270. The van der Waals surface area contributed by atoms with Gasteiger partial charge in [0.05, 0.1) is 16.3 Å². The van der Waals surface area contributed by atoms with Gasteiger partial charge in [-0.25, -0.2) is 21.2 Å². The van der Waals surface area contributed by atoms with Crippen molar-refractivity contribution in [2.24, 2.45) is 0 Å². The number of aryl methyl sites for hydroxylation is 2. The van der Waals surface area contributed by atoms with E-state index < -0.39 is 31.6 Å². The fourth-order valence-corrected chi connectivity index (χ4v) is 5.21. The van der Waals surface area contributed by atoms with E-state index in [2.05, 4.69) is 9.44 Å². The molecule has 0 aliphatic carbocycles. The summed E-state index contributed by atoms with van der Waals surface area (Å²) < 4.78 is 68.4. The van der Waals surface area contributed by atoms with Crippen molar-refractivity contribution in [2.45, 2.75) is 24.5 Å². The second-order valence-electron chi connectivity index (χ2n) is 6.90. The molecule has 3 aromatic carbocycles. The van der Waals surface area contributed by atoms with Crippen molar-refractivity contribution < 1.29 is 21.2 Å². The highest BCUT2D eigenvalue weighted by molar-refractivity contribution is 7.92. The van der Waals surface area contributed by atoms with Gasteiger partial charge in [0, 0.05) is 11.3 Å². The second kappa shape index (κ2) is 8.45. The molecular formula is C21H21FN2O4S2. The van der Waals surface area contributed by atoms with Gasteiger partial charge in [0.25, 0.3) is 10.0 Å². The molecule has 3 aromatic rings. The van der Waals surface area contributed by atoms with E-state index in [0.29, 0.717) is 5.69 Å². The largest absolute Gasteiger partial charge is 0.283 e. The molecule has 0 aliphatic rings. The van der Waals surface area contributed by atoms with Gasteiger partial charge in [-0.1, -0.05) is 35.9 Å². The van der Waals surface area contributed by atoms with Gasteiger partial charge in [-0.2, -0.15) is 0 Å². The molecule has 0 saturated carbocycles. The van der Waals surface area contributed by atoms with Crippen molar-refractivity contribution in [3.63, 3.8) is 0 Å². The molecule has 0 aliphatic heterocycles. The Morgan fingerprint density at radius 2 is 1.50 bits per heavy atom. The number of halogens is 1. The first-order valence-electron chi connectivity index (χ1n) is 9.00. The van der Waals surface area contributed by atoms with Crippen molar-refractivity contribution in [1.82, 2.24) is 0 Å². The summed E-state index contributed by atoms with van der Waals surface area (Å²) in [4.78, 5) is -0.0143. The third-order valence-electron chi connectivity index (χ3n) is 4.37. The third-order valence-corrected chi connectivity index (χ3v) is 6.99. The van der Waals surface area contributed by atoms with Gasteiger partial charge < -0.3 is 0 Å². The van der Waals surface area contributed by atoms with Gasteiger partial charge in [0.2, 0.25) is 10.0 Å². The number of nitrogens with one attached hydrogen (secondary N) is 2. The van der Waals surface area contributed by atoms with Crippen molar-refractivity contribution in [2.75, 3.05) is 9.44 Å². The molecular weight excluding hydrogens is 427 g/mol. The minimum absolute atomic E-state index is 0.0143. The fraction of sp³-hybridized carbons (Fsp3) is 0.143. The van der Waals surface area contributed by atoms with Crippen LogP contribution in [0.25, 0.3) is 0 Å². The lowest BCUT2D eigenvalue weighted by molar-refractivity contribution is 0.591. The molecule has 0 spiro atoms. The number of rotatable bonds is 7. The second-order valence-corrected chi connectivity index (χ2v) is 10.3. The maximum absolute atomic E-state index is 13.7. The summed E-state index contributed by atoms with van der Waals surface area (Å²) in [5.74, 6) is -1.14. The van der Waals surface area contributed by atoms with Gasteiger partial charge in [-0.3, -0.25) is 9.44 Å². The number of anilines is 2. The smallest absolute Gasteiger partial charge is 0.261 e. The fourth-order valence-electron chi connectivity index (χ4n) is 2.87. The van der Waals surface area contributed by atoms with Crippen molar-refractivity contribution >= 4 is 31.4 Å². The van der Waals surface area contributed by atoms with Crippen molar-refractivity contribution in [3.05, 3.63) is 89.2 Å². The highest BCUT2D eigenvalue weighted by Gasteiger charge is 2.17. The van der Waals surface area contributed by atoms with E-state index in [1.165, 1.54) is 42.5 Å². The predicted molar refractivity (Wildman–Crippen MR) is 116 cm³/mol. The van der Waals surface area contributed by atoms with Gasteiger partial charge in [0.1, 0.15) is 5.82 Å². The van der Waals surface area contributed by atoms with E-state index in [9.17, 15) is 21.2 Å². The Morgan fingerprint density at radius 1 is 0.833 bits per heavy atom. The number of benzene rings is 3. The Kier molecular flexibility index (Phi) is 6.14. The molecule has 0 unspecified atom stereocenters. The molecule has 2 N–H and O–H groups in total. The first kappa shape index (κ1) is 21.8. The summed E-state index contributed by atoms with van der Waals surface area (Å²) in [6, 6.07) is 16.2. The van der Waals surface area contributed by atoms with Crippen molar-refractivity contribution in [1.29, 1.82) is 0 Å². The summed E-state index contributed by atoms with van der Waals surface area (Å²) in [5.41, 5.74) is 2.49. The van der Waals surface area contributed by atoms with Crippen molar-refractivity contribution in [3.8, 4) is 0 Å². The molecule has 3 rings (SSSR count). The van der Waals surface area contributed by atoms with Crippen LogP contribution in [0, 0.1) is 19.7 Å². The van der Waals surface area contributed by atoms with E-state index in [1.54, 1.807) is 25.1 Å². The standard InChI is InChI=1S/C21H21FN2O4S2/c1-15-7-12-21(16(2)13-15)24-30(27,28)19-10-8-18(9-11-19)23-29(25,26)14-17-5-3-4-6-20(17)22/h3-13,23-24H,14H2,1-2H3. The molecule has 158 valence electrons. The molecule has 0 amide bonds. The van der Waals surface area contributed by atoms with Crippen LogP contribution in [0.3, 0.4) is 0 Å². The Hall–Kier alpha value is -2.91. The first-order valence-corrected chi connectivity index (χ1v) is 12.1. The Balaban J connectivity index is 1.74. The zero-order valence-corrected chi connectivity index (χ0v) is 18.0. The van der Waals surface area contributed by atoms with Gasteiger partial charge >= 0.3 is 0 Å². The maximum atomic E-state index is 13.7. The minimum Gasteiger partial charge on any atom is -0.283 e. The van der Waals surface area contributed by atoms with Crippen LogP contribution in [0.15, 0.2) is 71.6 Å². The van der Waals surface area contributed by atoms with Crippen LogP contribution in [-0.2, 0) is 25.8 Å². The summed E-state index contributed by atoms with van der Waals surface area (Å²) in [6.45, 7) is 3.72. The average Bonchev–Trinajstić information content (AvgIpc) is 2.66. The molecule has 0 heterocycles. The molecule has 0 atom stereocenters. The minimum atomic E-state index is -3.87. The van der Waals surface area contributed by atoms with Gasteiger partial charge in [-0.15, -0.1) is 0 Å². The van der Waals surface area contributed by atoms with E-state index in [0.717, 1.165) is 11.1 Å². The van der Waals surface area contributed by atoms with Gasteiger partial charge in [0.15, 0.2) is 0 Å². The molecule has 30 heavy (non-hydrogen) atoms. The van der Waals surface area contributed by atoms with Crippen LogP contribution in [0.5, 0.6) is 0 Å². The van der Waals surface area contributed by atoms with E-state index in [4.69, 9.17) is 0 Å². The third kappa shape index (κ3) is 5.37. The molecule has 0 fully saturated rings. The van der Waals surface area contributed by atoms with Crippen LogP contribution in [0.4, 0.5) is 15.8 Å². The average molecular weight is 449 g/mol. The summed E-state index contributed by atoms with van der Waals surface area (Å²) in [5, 5.41) is 0. The SMILES string of the molecule is Cc1ccc(NS(=O)(=O)c2ccc(NS(=O)(=O)Cc3ccccc3F)cc2)c(C)c1. The Labute approximate surface area is 175 Å². The maximum Gasteiger partial charge on any atom is 0.261 e. The van der Waals surface area contributed by atoms with Gasteiger partial charge in [-0.05, 0) is 55.8 Å². The summed E-state index contributed by atoms with van der Waals surface area (Å²) in [7, 11) is -7.71. The van der Waals surface area contributed by atoms with Crippen LogP contribution < -0.4 is 9.44 Å². The highest BCUT2D eigenvalue weighted by atomic mass is 32.2. The first-order chi connectivity index (χ1) is 14.1. The normalized spacial score (nSPS) is 11.8.